The van der Waals surface area contributed by atoms with Gasteiger partial charge >= 0.3 is 0 Å². The molecule has 7 heteroatoms. The average Bonchev–Trinajstić information content (AvgIpc) is 3.27. The monoisotopic (exact) mass is 485 g/mol. The van der Waals surface area contributed by atoms with E-state index in [-0.39, 0.29) is 19.1 Å². The molecule has 0 aliphatic carbocycles. The van der Waals surface area contributed by atoms with Crippen LogP contribution in [0.5, 0.6) is 23.0 Å². The van der Waals surface area contributed by atoms with Crippen LogP contribution >= 0.6 is 0 Å². The Bertz CT molecular complexity index is 947. The van der Waals surface area contributed by atoms with E-state index in [1.807, 2.05) is 42.5 Å². The van der Waals surface area contributed by atoms with Crippen LogP contribution in [0.3, 0.4) is 0 Å². The van der Waals surface area contributed by atoms with E-state index in [2.05, 4.69) is 11.8 Å². The number of fused-ring (bicyclic) bond motifs is 1. The molecule has 2 aromatic rings. The minimum atomic E-state index is -0.768. The summed E-state index contributed by atoms with van der Waals surface area (Å²) in [5.41, 5.74) is 0.753. The van der Waals surface area contributed by atoms with Gasteiger partial charge in [0, 0.05) is 31.3 Å². The van der Waals surface area contributed by atoms with Crippen molar-refractivity contribution in [1.29, 1.82) is 0 Å². The van der Waals surface area contributed by atoms with Gasteiger partial charge in [-0.2, -0.15) is 0 Å². The number of aliphatic hydroxyl groups excluding tert-OH is 1. The van der Waals surface area contributed by atoms with Crippen molar-refractivity contribution < 1.29 is 28.8 Å². The molecule has 192 valence electrons. The molecule has 4 rings (SSSR count). The van der Waals surface area contributed by atoms with Gasteiger partial charge in [-0.3, -0.25) is 4.79 Å². The van der Waals surface area contributed by atoms with Crippen LogP contribution in [0, 0.1) is 5.92 Å². The summed E-state index contributed by atoms with van der Waals surface area (Å²) in [7, 11) is 1.62. The summed E-state index contributed by atoms with van der Waals surface area (Å²) >= 11 is 0. The number of hydrogen-bond donors (Lipinski definition) is 1. The van der Waals surface area contributed by atoms with E-state index in [4.69, 9.17) is 18.9 Å². The average molecular weight is 486 g/mol. The summed E-state index contributed by atoms with van der Waals surface area (Å²) in [6, 6.07) is 13.3. The maximum Gasteiger partial charge on any atom is 0.161 e. The van der Waals surface area contributed by atoms with E-state index in [1.54, 1.807) is 7.11 Å². The molecule has 0 spiro atoms. The maximum absolute atomic E-state index is 12.9. The third-order valence-electron chi connectivity index (χ3n) is 6.71. The summed E-state index contributed by atoms with van der Waals surface area (Å²) in [6.07, 6.45) is 2.13. The molecule has 0 amide bonds. The van der Waals surface area contributed by atoms with E-state index in [0.717, 1.165) is 30.7 Å². The molecule has 2 aliphatic heterocycles. The van der Waals surface area contributed by atoms with Gasteiger partial charge in [0.1, 0.15) is 30.5 Å². The molecule has 3 atom stereocenters. The Morgan fingerprint density at radius 2 is 1.83 bits per heavy atom. The van der Waals surface area contributed by atoms with Crippen molar-refractivity contribution in [3.63, 3.8) is 0 Å². The summed E-state index contributed by atoms with van der Waals surface area (Å²) in [6.45, 7) is 5.22. The van der Waals surface area contributed by atoms with Gasteiger partial charge in [0.15, 0.2) is 11.5 Å². The largest absolute Gasteiger partial charge is 0.497 e. The summed E-state index contributed by atoms with van der Waals surface area (Å²) in [5, 5.41) is 11.3. The number of likely N-dealkylation sites (tertiary alicyclic amines) is 1. The lowest BCUT2D eigenvalue weighted by molar-refractivity contribution is -0.121. The first-order chi connectivity index (χ1) is 16.5. The normalized spacial score (nSPS) is 18.9. The number of Topliss-reactive ketones (excluding diaryl/α,β-unsaturated/α-hetero) is 1. The predicted octanol–water partition coefficient (Wildman–Crippen LogP) is 4.66. The highest BCUT2D eigenvalue weighted by molar-refractivity contribution is 5.78. The van der Waals surface area contributed by atoms with Gasteiger partial charge < -0.3 is 29.0 Å². The van der Waals surface area contributed by atoms with Crippen LogP contribution in [0.15, 0.2) is 42.5 Å². The second-order valence-electron chi connectivity index (χ2n) is 9.11. The van der Waals surface area contributed by atoms with E-state index >= 15 is 0 Å². The quantitative estimate of drug-likeness (QED) is 0.496. The van der Waals surface area contributed by atoms with Crippen LogP contribution in [-0.4, -0.2) is 61.9 Å². The molecule has 1 fully saturated rings. The minimum absolute atomic E-state index is 0. The number of rotatable bonds is 11. The Labute approximate surface area is 208 Å². The topological polar surface area (TPSA) is 77.5 Å². The number of carbonyl (C=O) groups excluding carboxylic acids is 1. The molecule has 1 N–H and O–H groups in total. The molecule has 2 aromatic carbocycles. The molecule has 1 saturated heterocycles. The highest BCUT2D eigenvalue weighted by Gasteiger charge is 2.30. The summed E-state index contributed by atoms with van der Waals surface area (Å²) in [5.74, 6) is 2.68. The van der Waals surface area contributed by atoms with Gasteiger partial charge in [0.2, 0.25) is 0 Å². The van der Waals surface area contributed by atoms with Crippen LogP contribution in [-0.2, 0) is 4.79 Å². The van der Waals surface area contributed by atoms with E-state index in [0.29, 0.717) is 62.5 Å². The third-order valence-corrected chi connectivity index (χ3v) is 6.71. The fraction of sp³-hybridized carbons (Fsp3) is 0.536. The van der Waals surface area contributed by atoms with Crippen molar-refractivity contribution in [2.75, 3.05) is 40.0 Å². The Morgan fingerprint density at radius 3 is 2.51 bits per heavy atom. The van der Waals surface area contributed by atoms with E-state index in [9.17, 15) is 9.90 Å². The highest BCUT2D eigenvalue weighted by Crippen LogP contribution is 2.36. The molecule has 0 bridgehead atoms. The summed E-state index contributed by atoms with van der Waals surface area (Å²) in [4.78, 5) is 15.3. The Hall–Kier alpha value is -2.77. The van der Waals surface area contributed by atoms with Crippen molar-refractivity contribution in [2.45, 2.75) is 52.2 Å². The molecule has 2 heterocycles. The minimum Gasteiger partial charge on any atom is -0.497 e. The fourth-order valence-corrected chi connectivity index (χ4v) is 4.71. The van der Waals surface area contributed by atoms with Crippen molar-refractivity contribution in [3.05, 3.63) is 48.0 Å². The fourth-order valence-electron chi connectivity index (χ4n) is 4.71. The summed E-state index contributed by atoms with van der Waals surface area (Å²) < 4.78 is 22.2. The first-order valence-electron chi connectivity index (χ1n) is 12.1. The number of ketones is 1. The zero-order chi connectivity index (χ0) is 23.9. The van der Waals surface area contributed by atoms with Crippen molar-refractivity contribution in [2.24, 2.45) is 5.92 Å². The smallest absolute Gasteiger partial charge is 0.161 e. The molecule has 0 radical (unpaired) electrons. The van der Waals surface area contributed by atoms with Crippen molar-refractivity contribution in [3.8, 4) is 23.0 Å². The Morgan fingerprint density at radius 1 is 1.11 bits per heavy atom. The zero-order valence-electron chi connectivity index (χ0n) is 20.1. The van der Waals surface area contributed by atoms with E-state index in [1.165, 1.54) is 0 Å². The second kappa shape index (κ2) is 12.8. The number of ether oxygens (including phenoxy) is 4. The Balaban J connectivity index is 0.00000342. The first-order valence-corrected chi connectivity index (χ1v) is 12.1. The highest BCUT2D eigenvalue weighted by atomic mass is 16.6. The zero-order valence-corrected chi connectivity index (χ0v) is 20.1. The lowest BCUT2D eigenvalue weighted by atomic mass is 9.89. The molecule has 2 aliphatic rings. The lowest BCUT2D eigenvalue weighted by Gasteiger charge is -2.30. The maximum atomic E-state index is 12.9. The molecular weight excluding hydrogens is 446 g/mol. The Kier molecular flexibility index (Phi) is 9.81. The molecule has 0 aromatic heterocycles. The van der Waals surface area contributed by atoms with Gasteiger partial charge in [-0.25, -0.2) is 0 Å². The van der Waals surface area contributed by atoms with Crippen LogP contribution in [0.4, 0.5) is 0 Å². The number of methoxy groups -OCH3 is 1. The third kappa shape index (κ3) is 7.12. The van der Waals surface area contributed by atoms with Crippen molar-refractivity contribution >= 4 is 5.78 Å². The van der Waals surface area contributed by atoms with E-state index < -0.39 is 6.10 Å². The number of aliphatic hydroxyl groups is 1. The molecular formula is C28H39NO6. The number of benzene rings is 2. The van der Waals surface area contributed by atoms with Gasteiger partial charge in [-0.05, 0) is 68.3 Å². The number of carbonyl (C=O) groups is 1. The lowest BCUT2D eigenvalue weighted by Crippen LogP contribution is -2.35. The standard InChI is InChI=1S/C27H35NO6.CH4/c1-19-4-3-12-28(19)18-21(27(30)20-5-10-25-26(17-20)34-15-14-33-25)16-22(29)11-13-32-24-8-6-23(31-2)7-9-24;/h5-10,17,19,21,27,30H,3-4,11-16,18H2,1-2H3;1H4/t19-,21+,27+;/m0./s1. The van der Waals surface area contributed by atoms with Gasteiger partial charge in [-0.15, -0.1) is 0 Å². The molecule has 0 unspecified atom stereocenters. The first kappa shape index (κ1) is 26.8. The van der Waals surface area contributed by atoms with Crippen LogP contribution < -0.4 is 18.9 Å². The van der Waals surface area contributed by atoms with Gasteiger partial charge in [0.25, 0.3) is 0 Å². The predicted molar refractivity (Wildman–Crippen MR) is 136 cm³/mol. The van der Waals surface area contributed by atoms with Gasteiger partial charge in [-0.1, -0.05) is 13.5 Å². The SMILES string of the molecule is C.COc1ccc(OCCC(=O)C[C@H](CN2CCC[C@@H]2C)[C@H](O)c2ccc3c(c2)OCCO3)cc1. The molecule has 0 saturated carbocycles. The van der Waals surface area contributed by atoms with Gasteiger partial charge in [0.05, 0.1) is 19.8 Å². The number of nitrogens with zero attached hydrogens (tertiary/aromatic N) is 1. The van der Waals surface area contributed by atoms with Crippen LogP contribution in [0.25, 0.3) is 0 Å². The second-order valence-corrected chi connectivity index (χ2v) is 9.11. The van der Waals surface area contributed by atoms with Crippen molar-refractivity contribution in [1.82, 2.24) is 4.90 Å². The number of hydrogen-bond acceptors (Lipinski definition) is 7. The molecule has 35 heavy (non-hydrogen) atoms. The van der Waals surface area contributed by atoms with Crippen LogP contribution in [0.1, 0.15) is 51.7 Å². The van der Waals surface area contributed by atoms with Crippen LogP contribution in [0.2, 0.25) is 0 Å². The molecule has 7 nitrogen and oxygen atoms in total.